The molecule has 0 amide bonds. The summed E-state index contributed by atoms with van der Waals surface area (Å²) in [4.78, 5) is 7.71. The van der Waals surface area contributed by atoms with E-state index in [0.717, 1.165) is 43.1 Å². The molecule has 0 saturated heterocycles. The molecule has 3 aromatic rings. The molecule has 2 aliphatic rings. The molecule has 0 bridgehead atoms. The second kappa shape index (κ2) is 6.48. The first-order valence-corrected chi connectivity index (χ1v) is 9.42. The van der Waals surface area contributed by atoms with Crippen LogP contribution in [0.3, 0.4) is 0 Å². The number of alkyl halides is 2. The zero-order chi connectivity index (χ0) is 18.4. The van der Waals surface area contributed by atoms with Crippen LogP contribution in [0.5, 0.6) is 5.88 Å². The Morgan fingerprint density at radius 1 is 1.19 bits per heavy atom. The molecule has 1 aliphatic heterocycles. The number of ether oxygens (including phenoxy) is 1. The number of H-pyrrole nitrogens is 1. The number of aryl methyl sites for hydroxylation is 1. The van der Waals surface area contributed by atoms with Crippen LogP contribution < -0.4 is 4.74 Å². The average Bonchev–Trinajstić information content (AvgIpc) is 3.27. The topological polar surface area (TPSA) is 55.7 Å². The van der Waals surface area contributed by atoms with Gasteiger partial charge in [-0.2, -0.15) is 5.10 Å². The maximum absolute atomic E-state index is 13.9. The summed E-state index contributed by atoms with van der Waals surface area (Å²) in [6.45, 7) is 1.10. The van der Waals surface area contributed by atoms with Crippen molar-refractivity contribution in [3.63, 3.8) is 0 Å². The van der Waals surface area contributed by atoms with Crippen molar-refractivity contribution in [1.82, 2.24) is 19.7 Å². The molecule has 1 aliphatic carbocycles. The van der Waals surface area contributed by atoms with Gasteiger partial charge in [0.15, 0.2) is 0 Å². The minimum Gasteiger partial charge on any atom is -0.477 e. The summed E-state index contributed by atoms with van der Waals surface area (Å²) in [5, 5.41) is 5.12. The molecule has 0 atom stereocenters. The highest BCUT2D eigenvalue weighted by atomic mass is 19.3. The van der Waals surface area contributed by atoms with Crippen molar-refractivity contribution < 1.29 is 13.5 Å². The highest BCUT2D eigenvalue weighted by Crippen LogP contribution is 2.45. The van der Waals surface area contributed by atoms with E-state index in [2.05, 4.69) is 21.1 Å². The molecule has 0 fully saturated rings. The van der Waals surface area contributed by atoms with E-state index in [4.69, 9.17) is 4.74 Å². The lowest BCUT2D eigenvalue weighted by Crippen LogP contribution is -2.15. The van der Waals surface area contributed by atoms with Gasteiger partial charge in [-0.05, 0) is 43.4 Å². The summed E-state index contributed by atoms with van der Waals surface area (Å²) >= 11 is 0. The van der Waals surface area contributed by atoms with Gasteiger partial charge in [0.1, 0.15) is 11.3 Å². The van der Waals surface area contributed by atoms with Crippen LogP contribution in [0.2, 0.25) is 0 Å². The van der Waals surface area contributed by atoms with Crippen molar-refractivity contribution in [2.75, 3.05) is 6.61 Å². The van der Waals surface area contributed by atoms with E-state index in [1.54, 1.807) is 10.9 Å². The fourth-order valence-corrected chi connectivity index (χ4v) is 4.14. The van der Waals surface area contributed by atoms with Crippen LogP contribution >= 0.6 is 0 Å². The Balaban J connectivity index is 1.81. The predicted octanol–water partition coefficient (Wildman–Crippen LogP) is 5.10. The number of rotatable bonds is 3. The van der Waals surface area contributed by atoms with E-state index in [-0.39, 0.29) is 5.69 Å². The number of pyridine rings is 1. The standard InChI is InChI=1S/C20H20F2N4O/c21-18(22)17-15(20-26(25-17)10-5-11-27-20)16-14(12-6-2-1-3-7-12)13-8-4-9-23-19(13)24-16/h4,6,8-9,18H,1-3,5,7,10-11H2,(H,23,24). The van der Waals surface area contributed by atoms with Crippen LogP contribution in [0, 0.1) is 0 Å². The molecule has 5 rings (SSSR count). The number of allylic oxidation sites excluding steroid dienone is 2. The summed E-state index contributed by atoms with van der Waals surface area (Å²) in [5.41, 5.74) is 3.65. The molecule has 0 aromatic carbocycles. The molecule has 0 spiro atoms. The number of aromatic amines is 1. The number of halogens is 2. The van der Waals surface area contributed by atoms with Crippen LogP contribution in [0.15, 0.2) is 24.4 Å². The molecule has 140 valence electrons. The SMILES string of the molecule is FC(F)c1nn2c(c1-c1[nH]c3ncccc3c1C1=CCCCC1)OCCC2. The molecule has 0 saturated carbocycles. The summed E-state index contributed by atoms with van der Waals surface area (Å²) in [6.07, 6.45) is 6.23. The number of nitrogens with zero attached hydrogens (tertiary/aromatic N) is 3. The van der Waals surface area contributed by atoms with Crippen LogP contribution in [-0.2, 0) is 6.54 Å². The van der Waals surface area contributed by atoms with Crippen molar-refractivity contribution in [2.45, 2.75) is 45.1 Å². The molecular formula is C20H20F2N4O. The van der Waals surface area contributed by atoms with Gasteiger partial charge in [-0.15, -0.1) is 0 Å². The summed E-state index contributed by atoms with van der Waals surface area (Å²) < 4.78 is 35.1. The van der Waals surface area contributed by atoms with Crippen molar-refractivity contribution >= 4 is 16.6 Å². The smallest absolute Gasteiger partial charge is 0.282 e. The molecule has 0 unspecified atom stereocenters. The highest BCUT2D eigenvalue weighted by molar-refractivity contribution is 5.99. The third kappa shape index (κ3) is 2.64. The van der Waals surface area contributed by atoms with Gasteiger partial charge in [0.05, 0.1) is 17.9 Å². The first-order chi connectivity index (χ1) is 13.2. The predicted molar refractivity (Wildman–Crippen MR) is 98.8 cm³/mol. The number of nitrogens with one attached hydrogen (secondary N) is 1. The maximum Gasteiger partial charge on any atom is 0.282 e. The van der Waals surface area contributed by atoms with Crippen LogP contribution in [-0.4, -0.2) is 26.4 Å². The lowest BCUT2D eigenvalue weighted by molar-refractivity contribution is 0.145. The summed E-state index contributed by atoms with van der Waals surface area (Å²) in [5.74, 6) is 0.431. The van der Waals surface area contributed by atoms with Gasteiger partial charge < -0.3 is 9.72 Å². The van der Waals surface area contributed by atoms with Crippen LogP contribution in [0.4, 0.5) is 8.78 Å². The largest absolute Gasteiger partial charge is 0.477 e. The fourth-order valence-electron chi connectivity index (χ4n) is 4.14. The van der Waals surface area contributed by atoms with Crippen LogP contribution in [0.25, 0.3) is 27.9 Å². The third-order valence-electron chi connectivity index (χ3n) is 5.33. The first kappa shape index (κ1) is 16.5. The Morgan fingerprint density at radius 2 is 2.11 bits per heavy atom. The van der Waals surface area contributed by atoms with Crippen LogP contribution in [0.1, 0.15) is 49.8 Å². The quantitative estimate of drug-likeness (QED) is 0.697. The molecule has 1 N–H and O–H groups in total. The maximum atomic E-state index is 13.9. The Kier molecular flexibility index (Phi) is 3.95. The minimum absolute atomic E-state index is 0.226. The Morgan fingerprint density at radius 3 is 2.93 bits per heavy atom. The second-order valence-corrected chi connectivity index (χ2v) is 7.04. The lowest BCUT2D eigenvalue weighted by atomic mass is 9.90. The molecule has 7 heteroatoms. The van der Waals surface area contributed by atoms with Gasteiger partial charge in [0, 0.05) is 30.1 Å². The monoisotopic (exact) mass is 370 g/mol. The van der Waals surface area contributed by atoms with Crippen molar-refractivity contribution in [1.29, 1.82) is 0 Å². The van der Waals surface area contributed by atoms with Crippen molar-refractivity contribution in [2.24, 2.45) is 0 Å². The Labute approximate surface area is 155 Å². The third-order valence-corrected chi connectivity index (χ3v) is 5.33. The van der Waals surface area contributed by atoms with E-state index in [0.29, 0.717) is 35.9 Å². The van der Waals surface area contributed by atoms with E-state index < -0.39 is 6.43 Å². The van der Waals surface area contributed by atoms with Gasteiger partial charge in [-0.1, -0.05) is 6.08 Å². The van der Waals surface area contributed by atoms with Gasteiger partial charge in [0.2, 0.25) is 5.88 Å². The van der Waals surface area contributed by atoms with Crippen molar-refractivity contribution in [3.8, 4) is 17.1 Å². The molecule has 5 nitrogen and oxygen atoms in total. The number of hydrogen-bond acceptors (Lipinski definition) is 3. The zero-order valence-corrected chi connectivity index (χ0v) is 14.8. The number of aromatic nitrogens is 4. The zero-order valence-electron chi connectivity index (χ0n) is 14.8. The second-order valence-electron chi connectivity index (χ2n) is 7.04. The molecule has 27 heavy (non-hydrogen) atoms. The van der Waals surface area contributed by atoms with Crippen molar-refractivity contribution in [3.05, 3.63) is 35.7 Å². The average molecular weight is 370 g/mol. The van der Waals surface area contributed by atoms with Gasteiger partial charge in [-0.3, -0.25) is 0 Å². The highest BCUT2D eigenvalue weighted by Gasteiger charge is 2.32. The van der Waals surface area contributed by atoms with E-state index >= 15 is 0 Å². The van der Waals surface area contributed by atoms with E-state index in [9.17, 15) is 8.78 Å². The summed E-state index contributed by atoms with van der Waals surface area (Å²) in [7, 11) is 0. The molecule has 3 aromatic heterocycles. The van der Waals surface area contributed by atoms with Gasteiger partial charge >= 0.3 is 0 Å². The Bertz CT molecular complexity index is 1030. The summed E-state index contributed by atoms with van der Waals surface area (Å²) in [6, 6.07) is 3.87. The van der Waals surface area contributed by atoms with Gasteiger partial charge in [-0.25, -0.2) is 18.4 Å². The van der Waals surface area contributed by atoms with Gasteiger partial charge in [0.25, 0.3) is 6.43 Å². The number of hydrogen-bond donors (Lipinski definition) is 1. The normalized spacial score (nSPS) is 17.1. The molecular weight excluding hydrogens is 350 g/mol. The first-order valence-electron chi connectivity index (χ1n) is 9.42. The number of fused-ring (bicyclic) bond motifs is 2. The lowest BCUT2D eigenvalue weighted by Gasteiger charge is -2.17. The fraction of sp³-hybridized carbons (Fsp3) is 0.400. The molecule has 4 heterocycles. The minimum atomic E-state index is -2.67. The Hall–Kier alpha value is -2.70. The van der Waals surface area contributed by atoms with E-state index in [1.807, 2.05) is 12.1 Å². The molecule has 0 radical (unpaired) electrons. The van der Waals surface area contributed by atoms with E-state index in [1.165, 1.54) is 5.57 Å².